The second-order valence-electron chi connectivity index (χ2n) is 6.33. The van der Waals surface area contributed by atoms with Gasteiger partial charge in [0, 0.05) is 24.4 Å². The molecule has 8 heteroatoms. The highest BCUT2D eigenvalue weighted by atomic mass is 16.5. The van der Waals surface area contributed by atoms with Gasteiger partial charge in [-0.05, 0) is 24.3 Å². The fourth-order valence-corrected chi connectivity index (χ4v) is 3.48. The summed E-state index contributed by atoms with van der Waals surface area (Å²) in [5.74, 6) is -0.659. The summed E-state index contributed by atoms with van der Waals surface area (Å²) in [6, 6.07) is 6.38. The van der Waals surface area contributed by atoms with Gasteiger partial charge in [0.15, 0.2) is 0 Å². The normalized spacial score (nSPS) is 16.5. The maximum atomic E-state index is 13.2. The molecule has 0 bridgehead atoms. The van der Waals surface area contributed by atoms with Gasteiger partial charge in [0.2, 0.25) is 0 Å². The van der Waals surface area contributed by atoms with Crippen molar-refractivity contribution in [2.45, 2.75) is 19.0 Å². The maximum Gasteiger partial charge on any atom is 0.326 e. The van der Waals surface area contributed by atoms with Gasteiger partial charge in [-0.2, -0.15) is 0 Å². The zero-order valence-electron chi connectivity index (χ0n) is 14.4. The number of carbonyl (C=O) groups excluding carboxylic acids is 1. The molecule has 1 atom stereocenters. The first-order valence-electron chi connectivity index (χ1n) is 8.18. The van der Waals surface area contributed by atoms with Crippen molar-refractivity contribution in [2.75, 3.05) is 7.11 Å². The van der Waals surface area contributed by atoms with Gasteiger partial charge < -0.3 is 24.3 Å². The van der Waals surface area contributed by atoms with Gasteiger partial charge in [-0.3, -0.25) is 4.79 Å². The Hall–Kier alpha value is -3.29. The van der Waals surface area contributed by atoms with E-state index in [1.807, 2.05) is 18.2 Å². The van der Waals surface area contributed by atoms with Crippen LogP contribution in [-0.4, -0.2) is 49.6 Å². The van der Waals surface area contributed by atoms with Crippen LogP contribution < -0.4 is 4.74 Å². The van der Waals surface area contributed by atoms with Crippen molar-refractivity contribution in [3.63, 3.8) is 0 Å². The molecule has 8 nitrogen and oxygen atoms in total. The van der Waals surface area contributed by atoms with E-state index in [-0.39, 0.29) is 18.9 Å². The SMILES string of the molecule is COc1ccc2c(c1)cc(C(=O)N1Cc3[nH]cnc3C[C@H]1C(=O)O)n2C. The third-order valence-electron chi connectivity index (χ3n) is 4.91. The van der Waals surface area contributed by atoms with E-state index in [2.05, 4.69) is 9.97 Å². The first-order chi connectivity index (χ1) is 12.5. The van der Waals surface area contributed by atoms with Crippen LogP contribution in [0.5, 0.6) is 5.75 Å². The summed E-state index contributed by atoms with van der Waals surface area (Å²) in [7, 11) is 3.38. The molecule has 1 aromatic carbocycles. The van der Waals surface area contributed by atoms with Crippen molar-refractivity contribution in [1.29, 1.82) is 0 Å². The van der Waals surface area contributed by atoms with E-state index < -0.39 is 12.0 Å². The average Bonchev–Trinajstić information content (AvgIpc) is 3.23. The molecule has 134 valence electrons. The van der Waals surface area contributed by atoms with Crippen LogP contribution >= 0.6 is 0 Å². The number of aryl methyl sites for hydroxylation is 1. The second-order valence-corrected chi connectivity index (χ2v) is 6.33. The molecule has 1 amide bonds. The Morgan fingerprint density at radius 1 is 1.35 bits per heavy atom. The monoisotopic (exact) mass is 354 g/mol. The highest BCUT2D eigenvalue weighted by molar-refractivity contribution is 6.00. The number of nitrogens with zero attached hydrogens (tertiary/aromatic N) is 3. The first-order valence-corrected chi connectivity index (χ1v) is 8.18. The molecule has 0 aliphatic carbocycles. The zero-order chi connectivity index (χ0) is 18.4. The molecule has 3 aromatic rings. The van der Waals surface area contributed by atoms with E-state index in [1.165, 1.54) is 11.2 Å². The smallest absolute Gasteiger partial charge is 0.326 e. The average molecular weight is 354 g/mol. The Kier molecular flexibility index (Phi) is 3.68. The predicted molar refractivity (Wildman–Crippen MR) is 93.1 cm³/mol. The van der Waals surface area contributed by atoms with E-state index in [0.717, 1.165) is 16.6 Å². The van der Waals surface area contributed by atoms with Crippen molar-refractivity contribution >= 4 is 22.8 Å². The first kappa shape index (κ1) is 16.2. The number of hydrogen-bond donors (Lipinski definition) is 2. The van der Waals surface area contributed by atoms with Crippen LogP contribution in [0.1, 0.15) is 21.9 Å². The standard InChI is InChI=1S/C18H18N4O4/c1-21-14-4-3-11(26-2)5-10(14)6-15(21)17(23)22-8-13-12(19-9-20-13)7-16(22)18(24)25/h3-6,9,16H,7-8H2,1-2H3,(H,19,20)(H,24,25)/t16-/m0/s1. The van der Waals surface area contributed by atoms with Crippen molar-refractivity contribution < 1.29 is 19.4 Å². The molecule has 2 aromatic heterocycles. The lowest BCUT2D eigenvalue weighted by Gasteiger charge is -2.32. The van der Waals surface area contributed by atoms with Gasteiger partial charge in [0.25, 0.3) is 5.91 Å². The Morgan fingerprint density at radius 3 is 2.88 bits per heavy atom. The molecule has 0 radical (unpaired) electrons. The number of rotatable bonds is 3. The Balaban J connectivity index is 1.75. The Labute approximate surface area is 149 Å². The van der Waals surface area contributed by atoms with Gasteiger partial charge in [-0.1, -0.05) is 0 Å². The summed E-state index contributed by atoms with van der Waals surface area (Å²) >= 11 is 0. The van der Waals surface area contributed by atoms with Crippen LogP contribution in [0, 0.1) is 0 Å². The molecule has 3 heterocycles. The quantitative estimate of drug-likeness (QED) is 0.743. The third kappa shape index (κ3) is 2.42. The summed E-state index contributed by atoms with van der Waals surface area (Å²) in [5, 5.41) is 10.5. The van der Waals surface area contributed by atoms with Crippen LogP contribution in [0.3, 0.4) is 0 Å². The molecule has 4 rings (SSSR count). The minimum absolute atomic E-state index is 0.190. The van der Waals surface area contributed by atoms with Crippen molar-refractivity contribution in [3.05, 3.63) is 47.7 Å². The van der Waals surface area contributed by atoms with E-state index >= 15 is 0 Å². The lowest BCUT2D eigenvalue weighted by molar-refractivity contribution is -0.142. The lowest BCUT2D eigenvalue weighted by atomic mass is 10.0. The van der Waals surface area contributed by atoms with E-state index in [9.17, 15) is 14.7 Å². The van der Waals surface area contributed by atoms with E-state index in [1.54, 1.807) is 24.8 Å². The third-order valence-corrected chi connectivity index (χ3v) is 4.91. The molecule has 1 aliphatic rings. The molecule has 0 fully saturated rings. The summed E-state index contributed by atoms with van der Waals surface area (Å²) in [6.45, 7) is 0.190. The largest absolute Gasteiger partial charge is 0.497 e. The minimum atomic E-state index is -1.03. The number of aliphatic carboxylic acids is 1. The number of carboxylic acid groups (broad SMARTS) is 1. The number of carbonyl (C=O) groups is 2. The van der Waals surface area contributed by atoms with Crippen molar-refractivity contribution in [1.82, 2.24) is 19.4 Å². The van der Waals surface area contributed by atoms with E-state index in [4.69, 9.17) is 4.74 Å². The van der Waals surface area contributed by atoms with Crippen LogP contribution in [0.2, 0.25) is 0 Å². The number of benzene rings is 1. The number of nitrogens with one attached hydrogen (secondary N) is 1. The summed E-state index contributed by atoms with van der Waals surface area (Å²) in [6.07, 6.45) is 1.72. The van der Waals surface area contributed by atoms with Crippen LogP contribution in [0.25, 0.3) is 10.9 Å². The maximum absolute atomic E-state index is 13.2. The van der Waals surface area contributed by atoms with Crippen molar-refractivity contribution in [2.24, 2.45) is 7.05 Å². The highest BCUT2D eigenvalue weighted by Crippen LogP contribution is 2.27. The number of methoxy groups -OCH3 is 1. The van der Waals surface area contributed by atoms with Crippen LogP contribution in [0.15, 0.2) is 30.6 Å². The number of hydrogen-bond acceptors (Lipinski definition) is 4. The number of amides is 1. The summed E-state index contributed by atoms with van der Waals surface area (Å²) in [4.78, 5) is 33.4. The number of ether oxygens (including phenoxy) is 1. The van der Waals surface area contributed by atoms with Gasteiger partial charge in [-0.25, -0.2) is 9.78 Å². The van der Waals surface area contributed by atoms with Gasteiger partial charge in [-0.15, -0.1) is 0 Å². The minimum Gasteiger partial charge on any atom is -0.497 e. The molecule has 26 heavy (non-hydrogen) atoms. The number of fused-ring (bicyclic) bond motifs is 2. The van der Waals surface area contributed by atoms with Gasteiger partial charge >= 0.3 is 5.97 Å². The lowest BCUT2D eigenvalue weighted by Crippen LogP contribution is -2.49. The molecule has 1 aliphatic heterocycles. The molecule has 0 unspecified atom stereocenters. The topological polar surface area (TPSA) is 100 Å². The number of aromatic amines is 1. The van der Waals surface area contributed by atoms with Gasteiger partial charge in [0.1, 0.15) is 17.5 Å². The Bertz CT molecular complexity index is 1020. The zero-order valence-corrected chi connectivity index (χ0v) is 14.4. The number of aromatic nitrogens is 3. The molecule has 0 saturated carbocycles. The number of imidazole rings is 1. The van der Waals surface area contributed by atoms with Crippen LogP contribution in [-0.2, 0) is 24.8 Å². The molecule has 2 N–H and O–H groups in total. The van der Waals surface area contributed by atoms with Gasteiger partial charge in [0.05, 0.1) is 31.4 Å². The highest BCUT2D eigenvalue weighted by Gasteiger charge is 2.37. The predicted octanol–water partition coefficient (Wildman–Crippen LogP) is 1.56. The fourth-order valence-electron chi connectivity index (χ4n) is 3.48. The molecule has 0 spiro atoms. The second kappa shape index (κ2) is 5.91. The number of H-pyrrole nitrogens is 1. The van der Waals surface area contributed by atoms with Crippen molar-refractivity contribution in [3.8, 4) is 5.75 Å². The fraction of sp³-hybridized carbons (Fsp3) is 0.278. The molecular formula is C18H18N4O4. The Morgan fingerprint density at radius 2 is 2.15 bits per heavy atom. The summed E-state index contributed by atoms with van der Waals surface area (Å²) in [5.41, 5.74) is 2.78. The summed E-state index contributed by atoms with van der Waals surface area (Å²) < 4.78 is 7.01. The number of carboxylic acids is 1. The molecule has 0 saturated heterocycles. The van der Waals surface area contributed by atoms with Crippen LogP contribution in [0.4, 0.5) is 0 Å². The van der Waals surface area contributed by atoms with E-state index in [0.29, 0.717) is 17.1 Å². The molecular weight excluding hydrogens is 336 g/mol.